The van der Waals surface area contributed by atoms with Gasteiger partial charge in [0.05, 0.1) is 41.9 Å². The van der Waals surface area contributed by atoms with Gasteiger partial charge >= 0.3 is 6.61 Å². The van der Waals surface area contributed by atoms with Crippen LogP contribution in [0.2, 0.25) is 0 Å². The van der Waals surface area contributed by atoms with Crippen molar-refractivity contribution in [2.45, 2.75) is 38.5 Å². The van der Waals surface area contributed by atoms with Crippen LogP contribution in [0, 0.1) is 17.8 Å². The van der Waals surface area contributed by atoms with Crippen LogP contribution >= 0.6 is 0 Å². The Bertz CT molecular complexity index is 1420. The fourth-order valence-electron chi connectivity index (χ4n) is 5.56. The number of carbonyl (C=O) groups is 1. The number of carbonyl (C=O) groups excluding carboxylic acids is 1. The molecule has 192 valence electrons. The minimum atomic E-state index is -3.03. The molecule has 9 heteroatoms. The molecule has 2 unspecified atom stereocenters. The lowest BCUT2D eigenvalue weighted by Gasteiger charge is -2.34. The molecule has 3 aliphatic rings. The van der Waals surface area contributed by atoms with Crippen molar-refractivity contribution in [3.63, 3.8) is 0 Å². The summed E-state index contributed by atoms with van der Waals surface area (Å²) in [5, 5.41) is 0. The summed E-state index contributed by atoms with van der Waals surface area (Å²) in [5.41, 5.74) is 2.80. The maximum atomic E-state index is 13.4. The van der Waals surface area contributed by atoms with Crippen LogP contribution in [0.1, 0.15) is 47.6 Å². The number of imidazole rings is 1. The summed E-state index contributed by atoms with van der Waals surface area (Å²) < 4.78 is 38.8. The highest BCUT2D eigenvalue weighted by Crippen LogP contribution is 2.40. The van der Waals surface area contributed by atoms with Gasteiger partial charge in [-0.25, -0.2) is 4.98 Å². The molecule has 2 atom stereocenters. The van der Waals surface area contributed by atoms with E-state index in [0.717, 1.165) is 38.3 Å². The summed E-state index contributed by atoms with van der Waals surface area (Å²) in [7, 11) is 1.72. The molecule has 0 aliphatic carbocycles. The van der Waals surface area contributed by atoms with Crippen LogP contribution in [0.3, 0.4) is 0 Å². The third kappa shape index (κ3) is 4.14. The van der Waals surface area contributed by atoms with E-state index in [1.807, 2.05) is 25.1 Å². The van der Waals surface area contributed by atoms with Gasteiger partial charge < -0.3 is 14.4 Å². The van der Waals surface area contributed by atoms with Crippen molar-refractivity contribution in [1.82, 2.24) is 19.4 Å². The standard InChI is InChI=1S/C28H28F2N4O3/c1-3-22-26-31-21-10-9-17(7-8-18-11-12-33(14-18)19-15-36-16-19)13-23(21)34(26)25-20(27(35)32(22)2)5-4-6-24(25)37-28(29)30/h4-6,9-10,13,18-19,22,28H,3,11-12,14-16H2,1-2H3. The number of alkyl halides is 2. The lowest BCUT2D eigenvalue weighted by Crippen LogP contribution is -2.47. The van der Waals surface area contributed by atoms with E-state index in [-0.39, 0.29) is 23.4 Å². The highest BCUT2D eigenvalue weighted by atomic mass is 19.3. The molecule has 0 radical (unpaired) electrons. The van der Waals surface area contributed by atoms with Crippen LogP contribution in [-0.4, -0.2) is 71.3 Å². The van der Waals surface area contributed by atoms with Crippen molar-refractivity contribution in [3.05, 3.63) is 53.3 Å². The average molecular weight is 507 g/mol. The Morgan fingerprint density at radius 2 is 2.08 bits per heavy atom. The lowest BCUT2D eigenvalue weighted by molar-refractivity contribution is -0.0575. The number of amides is 1. The first-order chi connectivity index (χ1) is 17.9. The first-order valence-corrected chi connectivity index (χ1v) is 12.7. The molecule has 1 amide bonds. The van der Waals surface area contributed by atoms with Gasteiger partial charge in [0.15, 0.2) is 5.75 Å². The molecule has 0 saturated carbocycles. The Labute approximate surface area is 214 Å². The number of fused-ring (bicyclic) bond motifs is 5. The second-order valence-corrected chi connectivity index (χ2v) is 9.82. The molecular formula is C28H28F2N4O3. The van der Waals surface area contributed by atoms with Gasteiger partial charge in [0, 0.05) is 25.1 Å². The highest BCUT2D eigenvalue weighted by Gasteiger charge is 2.35. The maximum Gasteiger partial charge on any atom is 0.387 e. The van der Waals surface area contributed by atoms with Crippen LogP contribution in [0.15, 0.2) is 36.4 Å². The maximum absolute atomic E-state index is 13.4. The monoisotopic (exact) mass is 506 g/mol. The van der Waals surface area contributed by atoms with E-state index in [1.165, 1.54) is 6.07 Å². The predicted molar refractivity (Wildman–Crippen MR) is 134 cm³/mol. The van der Waals surface area contributed by atoms with Crippen molar-refractivity contribution < 1.29 is 23.0 Å². The van der Waals surface area contributed by atoms with Gasteiger partial charge in [-0.3, -0.25) is 14.3 Å². The van der Waals surface area contributed by atoms with E-state index in [0.29, 0.717) is 40.8 Å². The Kier molecular flexibility index (Phi) is 6.09. The lowest BCUT2D eigenvalue weighted by atomic mass is 10.1. The zero-order valence-corrected chi connectivity index (χ0v) is 20.8. The van der Waals surface area contributed by atoms with Crippen molar-refractivity contribution in [1.29, 1.82) is 0 Å². The third-order valence-electron chi connectivity index (χ3n) is 7.60. The summed E-state index contributed by atoms with van der Waals surface area (Å²) in [6.45, 7) is 2.53. The van der Waals surface area contributed by atoms with Gasteiger partial charge in [0.2, 0.25) is 0 Å². The summed E-state index contributed by atoms with van der Waals surface area (Å²) in [6, 6.07) is 10.6. The van der Waals surface area contributed by atoms with Crippen LogP contribution in [0.25, 0.3) is 16.7 Å². The Morgan fingerprint density at radius 1 is 1.24 bits per heavy atom. The zero-order chi connectivity index (χ0) is 25.7. The Hall–Kier alpha value is -3.48. The molecule has 6 rings (SSSR count). The molecule has 0 bridgehead atoms. The number of hydrogen-bond donors (Lipinski definition) is 0. The van der Waals surface area contributed by atoms with Gasteiger partial charge in [0.25, 0.3) is 5.91 Å². The van der Waals surface area contributed by atoms with Gasteiger partial charge in [-0.05, 0) is 49.7 Å². The molecule has 2 fully saturated rings. The van der Waals surface area contributed by atoms with Gasteiger partial charge in [-0.15, -0.1) is 0 Å². The van der Waals surface area contributed by atoms with Gasteiger partial charge in [-0.1, -0.05) is 24.8 Å². The van der Waals surface area contributed by atoms with Gasteiger partial charge in [-0.2, -0.15) is 8.78 Å². The normalized spacial score (nSPS) is 21.9. The number of benzene rings is 2. The molecule has 0 N–H and O–H groups in total. The summed E-state index contributed by atoms with van der Waals surface area (Å²) in [6.07, 6.45) is 1.64. The van der Waals surface area contributed by atoms with Gasteiger partial charge in [0.1, 0.15) is 11.5 Å². The SMILES string of the molecule is CCC1c2nc3ccc(C#CC4CCN(C5COC5)C4)cc3n2-c2c(OC(F)F)cccc2C(=O)N1C. The zero-order valence-electron chi connectivity index (χ0n) is 20.8. The summed E-state index contributed by atoms with van der Waals surface area (Å²) in [5.74, 6) is 7.32. The van der Waals surface area contributed by atoms with Crippen molar-refractivity contribution >= 4 is 16.9 Å². The Morgan fingerprint density at radius 3 is 2.81 bits per heavy atom. The fraction of sp³-hybridized carbons (Fsp3) is 0.429. The molecule has 3 aromatic rings. The number of nitrogens with zero attached hydrogens (tertiary/aromatic N) is 4. The molecule has 7 nitrogen and oxygen atoms in total. The van der Waals surface area contributed by atoms with Crippen LogP contribution in [-0.2, 0) is 4.74 Å². The molecule has 2 saturated heterocycles. The van der Waals surface area contributed by atoms with E-state index >= 15 is 0 Å². The molecule has 37 heavy (non-hydrogen) atoms. The number of hydrogen-bond acceptors (Lipinski definition) is 5. The first kappa shape index (κ1) is 23.9. The molecule has 4 heterocycles. The number of ether oxygens (including phenoxy) is 2. The number of halogens is 2. The summed E-state index contributed by atoms with van der Waals surface area (Å²) in [4.78, 5) is 22.3. The average Bonchev–Trinajstić information content (AvgIpc) is 3.43. The third-order valence-corrected chi connectivity index (χ3v) is 7.60. The van der Waals surface area contributed by atoms with Crippen molar-refractivity contribution in [2.75, 3.05) is 33.4 Å². The second-order valence-electron chi connectivity index (χ2n) is 9.82. The van der Waals surface area contributed by atoms with Crippen molar-refractivity contribution in [3.8, 4) is 23.3 Å². The number of likely N-dealkylation sites (tertiary alicyclic amines) is 1. The fourth-order valence-corrected chi connectivity index (χ4v) is 5.56. The van der Waals surface area contributed by atoms with Crippen LogP contribution in [0.5, 0.6) is 5.75 Å². The number of para-hydroxylation sites is 1. The van der Waals surface area contributed by atoms with Crippen molar-refractivity contribution in [2.24, 2.45) is 5.92 Å². The van der Waals surface area contributed by atoms with Crippen LogP contribution < -0.4 is 4.74 Å². The summed E-state index contributed by atoms with van der Waals surface area (Å²) >= 11 is 0. The smallest absolute Gasteiger partial charge is 0.387 e. The Balaban J connectivity index is 1.45. The van der Waals surface area contributed by atoms with E-state index < -0.39 is 6.61 Å². The quantitative estimate of drug-likeness (QED) is 0.496. The van der Waals surface area contributed by atoms with E-state index in [2.05, 4.69) is 16.7 Å². The van der Waals surface area contributed by atoms with E-state index in [4.69, 9.17) is 14.5 Å². The van der Waals surface area contributed by atoms with E-state index in [9.17, 15) is 13.6 Å². The molecular weight excluding hydrogens is 478 g/mol. The molecule has 3 aliphatic heterocycles. The predicted octanol–water partition coefficient (Wildman–Crippen LogP) is 4.24. The molecule has 0 spiro atoms. The first-order valence-electron chi connectivity index (χ1n) is 12.7. The van der Waals surface area contributed by atoms with Crippen LogP contribution in [0.4, 0.5) is 8.78 Å². The highest BCUT2D eigenvalue weighted by molar-refractivity contribution is 6.00. The largest absolute Gasteiger partial charge is 0.433 e. The molecule has 2 aromatic carbocycles. The topological polar surface area (TPSA) is 59.8 Å². The number of rotatable bonds is 4. The number of aromatic nitrogens is 2. The van der Waals surface area contributed by atoms with E-state index in [1.54, 1.807) is 28.6 Å². The second kappa shape index (κ2) is 9.43. The molecule has 1 aromatic heterocycles. The minimum absolute atomic E-state index is 0.0611. The minimum Gasteiger partial charge on any atom is -0.433 e.